The standard InChI is InChI=1S/C14H17N3O/c1-10-8-16-11(2)14(18)17(9-10)13-6-4-3-5-12(13)7-15/h3-6,10-11,16H,8-9H2,1-2H3. The lowest BCUT2D eigenvalue weighted by atomic mass is 10.1. The van der Waals surface area contributed by atoms with Gasteiger partial charge in [-0.25, -0.2) is 0 Å². The van der Waals surface area contributed by atoms with Gasteiger partial charge in [-0.15, -0.1) is 0 Å². The van der Waals surface area contributed by atoms with E-state index in [1.54, 1.807) is 11.0 Å². The summed E-state index contributed by atoms with van der Waals surface area (Å²) < 4.78 is 0. The Morgan fingerprint density at radius 3 is 2.83 bits per heavy atom. The molecule has 0 aromatic heterocycles. The van der Waals surface area contributed by atoms with Crippen molar-refractivity contribution >= 4 is 11.6 Å². The van der Waals surface area contributed by atoms with Gasteiger partial charge in [0, 0.05) is 13.1 Å². The number of nitrogens with zero attached hydrogens (tertiary/aromatic N) is 2. The van der Waals surface area contributed by atoms with Gasteiger partial charge in [-0.1, -0.05) is 19.1 Å². The average molecular weight is 243 g/mol. The van der Waals surface area contributed by atoms with Crippen LogP contribution in [0.5, 0.6) is 0 Å². The van der Waals surface area contributed by atoms with E-state index in [1.807, 2.05) is 25.1 Å². The maximum Gasteiger partial charge on any atom is 0.243 e. The molecule has 1 aliphatic rings. The second-order valence-electron chi connectivity index (χ2n) is 4.81. The molecule has 0 spiro atoms. The number of para-hydroxylation sites is 1. The van der Waals surface area contributed by atoms with E-state index in [-0.39, 0.29) is 11.9 Å². The van der Waals surface area contributed by atoms with Gasteiger partial charge < -0.3 is 10.2 Å². The smallest absolute Gasteiger partial charge is 0.243 e. The Hall–Kier alpha value is -1.86. The highest BCUT2D eigenvalue weighted by Crippen LogP contribution is 2.23. The lowest BCUT2D eigenvalue weighted by molar-refractivity contribution is -0.119. The number of anilines is 1. The highest BCUT2D eigenvalue weighted by atomic mass is 16.2. The molecule has 0 radical (unpaired) electrons. The Morgan fingerprint density at radius 1 is 1.39 bits per heavy atom. The average Bonchev–Trinajstić information content (AvgIpc) is 2.52. The first-order valence-corrected chi connectivity index (χ1v) is 6.17. The molecule has 1 aromatic rings. The number of rotatable bonds is 1. The van der Waals surface area contributed by atoms with Crippen LogP contribution in [0.3, 0.4) is 0 Å². The third-order valence-electron chi connectivity index (χ3n) is 3.22. The van der Waals surface area contributed by atoms with Crippen molar-refractivity contribution in [3.8, 4) is 6.07 Å². The molecule has 2 unspecified atom stereocenters. The molecule has 1 aliphatic heterocycles. The number of nitriles is 1. The maximum atomic E-state index is 12.3. The van der Waals surface area contributed by atoms with E-state index in [9.17, 15) is 4.79 Å². The fraction of sp³-hybridized carbons (Fsp3) is 0.429. The highest BCUT2D eigenvalue weighted by Gasteiger charge is 2.28. The van der Waals surface area contributed by atoms with Gasteiger partial charge in [0.1, 0.15) is 6.07 Å². The van der Waals surface area contributed by atoms with E-state index in [4.69, 9.17) is 5.26 Å². The Kier molecular flexibility index (Phi) is 3.63. The molecule has 1 saturated heterocycles. The molecule has 1 fully saturated rings. The quantitative estimate of drug-likeness (QED) is 0.813. The van der Waals surface area contributed by atoms with Crippen molar-refractivity contribution in [2.75, 3.05) is 18.0 Å². The fourth-order valence-corrected chi connectivity index (χ4v) is 2.19. The van der Waals surface area contributed by atoms with Crippen LogP contribution in [-0.4, -0.2) is 25.0 Å². The fourth-order valence-electron chi connectivity index (χ4n) is 2.19. The van der Waals surface area contributed by atoms with Gasteiger partial charge in [-0.2, -0.15) is 5.26 Å². The summed E-state index contributed by atoms with van der Waals surface area (Å²) in [5, 5.41) is 12.3. The predicted octanol–water partition coefficient (Wildman–Crippen LogP) is 1.52. The number of carbonyl (C=O) groups excluding carboxylic acids is 1. The van der Waals surface area contributed by atoms with Crippen LogP contribution in [-0.2, 0) is 4.79 Å². The summed E-state index contributed by atoms with van der Waals surface area (Å²) >= 11 is 0. The topological polar surface area (TPSA) is 56.1 Å². The number of nitrogens with one attached hydrogen (secondary N) is 1. The Morgan fingerprint density at radius 2 is 2.11 bits per heavy atom. The molecule has 18 heavy (non-hydrogen) atoms. The first-order chi connectivity index (χ1) is 8.63. The van der Waals surface area contributed by atoms with E-state index >= 15 is 0 Å². The zero-order valence-electron chi connectivity index (χ0n) is 10.7. The molecule has 4 heteroatoms. The summed E-state index contributed by atoms with van der Waals surface area (Å²) in [6, 6.07) is 9.20. The molecule has 1 N–H and O–H groups in total. The van der Waals surface area contributed by atoms with E-state index in [0.29, 0.717) is 23.7 Å². The van der Waals surface area contributed by atoms with Crippen molar-refractivity contribution in [3.63, 3.8) is 0 Å². The monoisotopic (exact) mass is 243 g/mol. The van der Waals surface area contributed by atoms with Crippen molar-refractivity contribution in [1.29, 1.82) is 5.26 Å². The zero-order valence-corrected chi connectivity index (χ0v) is 10.7. The van der Waals surface area contributed by atoms with Gasteiger partial charge in [-0.05, 0) is 25.0 Å². The van der Waals surface area contributed by atoms with Gasteiger partial charge in [0.05, 0.1) is 17.3 Å². The van der Waals surface area contributed by atoms with Crippen molar-refractivity contribution in [2.45, 2.75) is 19.9 Å². The van der Waals surface area contributed by atoms with Crippen LogP contribution in [0.4, 0.5) is 5.69 Å². The van der Waals surface area contributed by atoms with Crippen LogP contribution in [0.15, 0.2) is 24.3 Å². The van der Waals surface area contributed by atoms with E-state index in [0.717, 1.165) is 6.54 Å². The van der Waals surface area contributed by atoms with E-state index in [1.165, 1.54) is 0 Å². The molecule has 94 valence electrons. The molecule has 0 bridgehead atoms. The SMILES string of the molecule is CC1CNC(C)C(=O)N(c2ccccc2C#N)C1. The zero-order chi connectivity index (χ0) is 13.1. The van der Waals surface area contributed by atoms with Crippen LogP contribution in [0, 0.1) is 17.2 Å². The molecule has 2 rings (SSSR count). The lowest BCUT2D eigenvalue weighted by Gasteiger charge is -2.24. The van der Waals surface area contributed by atoms with Gasteiger partial charge >= 0.3 is 0 Å². The number of carbonyl (C=O) groups is 1. The molecular formula is C14H17N3O. The second-order valence-corrected chi connectivity index (χ2v) is 4.81. The predicted molar refractivity (Wildman–Crippen MR) is 70.1 cm³/mol. The first-order valence-electron chi connectivity index (χ1n) is 6.17. The summed E-state index contributed by atoms with van der Waals surface area (Å²) in [4.78, 5) is 14.0. The minimum Gasteiger partial charge on any atom is -0.309 e. The van der Waals surface area contributed by atoms with Gasteiger partial charge in [0.15, 0.2) is 0 Å². The number of hydrogen-bond donors (Lipinski definition) is 1. The summed E-state index contributed by atoms with van der Waals surface area (Å²) in [7, 11) is 0. The van der Waals surface area contributed by atoms with Crippen molar-refractivity contribution in [2.24, 2.45) is 5.92 Å². The normalized spacial score (nSPS) is 24.5. The molecule has 2 atom stereocenters. The van der Waals surface area contributed by atoms with Crippen molar-refractivity contribution < 1.29 is 4.79 Å². The van der Waals surface area contributed by atoms with Crippen LogP contribution in [0.2, 0.25) is 0 Å². The summed E-state index contributed by atoms with van der Waals surface area (Å²) in [6.45, 7) is 5.43. The Balaban J connectivity index is 2.40. The molecule has 1 heterocycles. The maximum absolute atomic E-state index is 12.3. The number of hydrogen-bond acceptors (Lipinski definition) is 3. The molecule has 0 aliphatic carbocycles. The van der Waals surface area contributed by atoms with E-state index in [2.05, 4.69) is 18.3 Å². The minimum atomic E-state index is -0.207. The summed E-state index contributed by atoms with van der Waals surface area (Å²) in [5.41, 5.74) is 1.26. The summed E-state index contributed by atoms with van der Waals surface area (Å²) in [5.74, 6) is 0.396. The molecular weight excluding hydrogens is 226 g/mol. The molecule has 1 amide bonds. The number of amides is 1. The first kappa shape index (κ1) is 12.6. The largest absolute Gasteiger partial charge is 0.309 e. The van der Waals surface area contributed by atoms with Gasteiger partial charge in [0.25, 0.3) is 0 Å². The second kappa shape index (κ2) is 5.19. The highest BCUT2D eigenvalue weighted by molar-refractivity contribution is 5.98. The van der Waals surface area contributed by atoms with Crippen LogP contribution >= 0.6 is 0 Å². The third-order valence-corrected chi connectivity index (χ3v) is 3.22. The van der Waals surface area contributed by atoms with Gasteiger partial charge in [-0.3, -0.25) is 4.79 Å². The lowest BCUT2D eigenvalue weighted by Crippen LogP contribution is -2.42. The third kappa shape index (κ3) is 2.36. The van der Waals surface area contributed by atoms with Crippen molar-refractivity contribution in [3.05, 3.63) is 29.8 Å². The Labute approximate surface area is 107 Å². The van der Waals surface area contributed by atoms with Crippen molar-refractivity contribution in [1.82, 2.24) is 5.32 Å². The minimum absolute atomic E-state index is 0.0297. The molecule has 4 nitrogen and oxygen atoms in total. The molecule has 0 saturated carbocycles. The Bertz CT molecular complexity index is 492. The number of benzene rings is 1. The van der Waals surface area contributed by atoms with Crippen LogP contribution in [0.25, 0.3) is 0 Å². The van der Waals surface area contributed by atoms with E-state index < -0.39 is 0 Å². The van der Waals surface area contributed by atoms with Crippen LogP contribution < -0.4 is 10.2 Å². The summed E-state index contributed by atoms with van der Waals surface area (Å²) in [6.07, 6.45) is 0. The van der Waals surface area contributed by atoms with Crippen LogP contribution in [0.1, 0.15) is 19.4 Å². The van der Waals surface area contributed by atoms with Gasteiger partial charge in [0.2, 0.25) is 5.91 Å². The molecule has 1 aromatic carbocycles.